The predicted molar refractivity (Wildman–Crippen MR) is 158 cm³/mol. The molecular formula is C30H45NO5SSi. The number of benzene rings is 2. The summed E-state index contributed by atoms with van der Waals surface area (Å²) in [6.07, 6.45) is 3.42. The maximum Gasteiger partial charge on any atom is 0.311 e. The van der Waals surface area contributed by atoms with Gasteiger partial charge in [-0.1, -0.05) is 94.8 Å². The zero-order chi connectivity index (χ0) is 28.7. The van der Waals surface area contributed by atoms with Gasteiger partial charge < -0.3 is 9.16 Å². The lowest BCUT2D eigenvalue weighted by molar-refractivity contribution is -0.151. The summed E-state index contributed by atoms with van der Waals surface area (Å²) in [4.78, 5) is 13.4. The first-order valence-corrected chi connectivity index (χ1v) is 17.6. The van der Waals surface area contributed by atoms with Gasteiger partial charge in [-0.2, -0.15) is 0 Å². The second-order valence-electron chi connectivity index (χ2n) is 11.8. The Bertz CT molecular complexity index is 1170. The van der Waals surface area contributed by atoms with E-state index in [0.717, 1.165) is 11.1 Å². The van der Waals surface area contributed by atoms with Crippen molar-refractivity contribution in [3.05, 3.63) is 71.8 Å². The van der Waals surface area contributed by atoms with Crippen LogP contribution in [0.1, 0.15) is 52.7 Å². The molecule has 0 bridgehead atoms. The molecule has 0 aliphatic heterocycles. The van der Waals surface area contributed by atoms with Gasteiger partial charge in [0.1, 0.15) is 6.61 Å². The Labute approximate surface area is 231 Å². The van der Waals surface area contributed by atoms with Crippen molar-refractivity contribution in [2.24, 2.45) is 11.8 Å². The minimum atomic E-state index is -3.76. The van der Waals surface area contributed by atoms with E-state index in [4.69, 9.17) is 9.16 Å². The molecule has 2 aromatic rings. The topological polar surface area (TPSA) is 81.7 Å². The monoisotopic (exact) mass is 559 g/mol. The van der Waals surface area contributed by atoms with Crippen LogP contribution in [-0.4, -0.2) is 41.5 Å². The number of carbonyl (C=O) groups is 1. The standard InChI is InChI=1S/C30H45NO5SSi/c1-22(2)27(31-37(33,34)26-18-15-23(3)16-19-26)21-35-29(32)24(4)28(36-38(8,9)30(5,6)7)20-17-25-13-11-10-12-14-25/h10-20,22,24,27-28,31H,21H2,1-9H3/b20-17+/t24-,27+,28+/m1/s1. The van der Waals surface area contributed by atoms with Crippen molar-refractivity contribution in [2.45, 2.75) is 83.6 Å². The van der Waals surface area contributed by atoms with Gasteiger partial charge in [0.05, 0.1) is 23.0 Å². The van der Waals surface area contributed by atoms with Crippen LogP contribution in [0.25, 0.3) is 6.08 Å². The van der Waals surface area contributed by atoms with Crippen LogP contribution < -0.4 is 4.72 Å². The highest BCUT2D eigenvalue weighted by Gasteiger charge is 2.41. The Hall–Kier alpha value is -2.26. The van der Waals surface area contributed by atoms with Gasteiger partial charge in [0.2, 0.25) is 10.0 Å². The first kappa shape index (κ1) is 32.0. The van der Waals surface area contributed by atoms with Gasteiger partial charge in [-0.25, -0.2) is 13.1 Å². The Morgan fingerprint density at radius 3 is 2.11 bits per heavy atom. The van der Waals surface area contributed by atoms with Crippen LogP contribution in [0, 0.1) is 18.8 Å². The van der Waals surface area contributed by atoms with Crippen LogP contribution in [0.2, 0.25) is 18.1 Å². The van der Waals surface area contributed by atoms with E-state index in [-0.39, 0.29) is 22.5 Å². The van der Waals surface area contributed by atoms with Crippen LogP contribution in [0.15, 0.2) is 65.6 Å². The summed E-state index contributed by atoms with van der Waals surface area (Å²) in [7, 11) is -5.96. The summed E-state index contributed by atoms with van der Waals surface area (Å²) >= 11 is 0. The highest BCUT2D eigenvalue weighted by Crippen LogP contribution is 2.38. The SMILES string of the molecule is Cc1ccc(S(=O)(=O)N[C@@H](COC(=O)[C@H](C)[C@H](/C=C/c2ccccc2)O[Si](C)(C)C(C)(C)C)C(C)C)cc1. The average molecular weight is 560 g/mol. The van der Waals surface area contributed by atoms with Crippen molar-refractivity contribution in [3.8, 4) is 0 Å². The molecule has 0 amide bonds. The first-order valence-electron chi connectivity index (χ1n) is 13.2. The molecule has 210 valence electrons. The van der Waals surface area contributed by atoms with Crippen molar-refractivity contribution in [1.82, 2.24) is 4.72 Å². The number of hydrogen-bond acceptors (Lipinski definition) is 5. The molecule has 0 radical (unpaired) electrons. The van der Waals surface area contributed by atoms with Crippen molar-refractivity contribution >= 4 is 30.4 Å². The smallest absolute Gasteiger partial charge is 0.311 e. The quantitative estimate of drug-likeness (QED) is 0.235. The third kappa shape index (κ3) is 9.19. The fraction of sp³-hybridized carbons (Fsp3) is 0.500. The molecule has 0 spiro atoms. The van der Waals surface area contributed by atoms with Crippen molar-refractivity contribution in [3.63, 3.8) is 0 Å². The summed E-state index contributed by atoms with van der Waals surface area (Å²) in [6.45, 7) is 18.2. The number of rotatable bonds is 12. The molecule has 2 rings (SSSR count). The minimum Gasteiger partial charge on any atom is -0.464 e. The van der Waals surface area contributed by atoms with E-state index in [1.807, 2.05) is 63.3 Å². The summed E-state index contributed by atoms with van der Waals surface area (Å²) in [5.41, 5.74) is 1.99. The first-order chi connectivity index (χ1) is 17.5. The van der Waals surface area contributed by atoms with E-state index in [1.165, 1.54) is 0 Å². The summed E-state index contributed by atoms with van der Waals surface area (Å²) in [5.74, 6) is -1.09. The average Bonchev–Trinajstić information content (AvgIpc) is 2.83. The Kier molecular flexibility index (Phi) is 11.1. The summed E-state index contributed by atoms with van der Waals surface area (Å²) in [5, 5.41) is -0.0353. The van der Waals surface area contributed by atoms with Gasteiger partial charge in [0, 0.05) is 0 Å². The van der Waals surface area contributed by atoms with Crippen molar-refractivity contribution in [2.75, 3.05) is 6.61 Å². The molecular weight excluding hydrogens is 514 g/mol. The van der Waals surface area contributed by atoms with E-state index < -0.39 is 42.4 Å². The fourth-order valence-electron chi connectivity index (χ4n) is 3.38. The zero-order valence-electron chi connectivity index (χ0n) is 24.3. The third-order valence-electron chi connectivity index (χ3n) is 7.23. The maximum atomic E-state index is 13.2. The van der Waals surface area contributed by atoms with Crippen LogP contribution >= 0.6 is 0 Å². The second-order valence-corrected chi connectivity index (χ2v) is 18.3. The predicted octanol–water partition coefficient (Wildman–Crippen LogP) is 6.58. The number of hydrogen-bond donors (Lipinski definition) is 1. The van der Waals surface area contributed by atoms with Crippen LogP contribution in [0.4, 0.5) is 0 Å². The number of carbonyl (C=O) groups excluding carboxylic acids is 1. The Morgan fingerprint density at radius 2 is 1.58 bits per heavy atom. The summed E-state index contributed by atoms with van der Waals surface area (Å²) in [6, 6.07) is 16.0. The highest BCUT2D eigenvalue weighted by molar-refractivity contribution is 7.89. The van der Waals surface area contributed by atoms with Crippen LogP contribution in [0.5, 0.6) is 0 Å². The third-order valence-corrected chi connectivity index (χ3v) is 13.2. The normalized spacial score (nSPS) is 15.4. The lowest BCUT2D eigenvalue weighted by Gasteiger charge is -2.39. The number of aryl methyl sites for hydroxylation is 1. The van der Waals surface area contributed by atoms with E-state index >= 15 is 0 Å². The molecule has 8 heteroatoms. The number of nitrogens with one attached hydrogen (secondary N) is 1. The van der Waals surface area contributed by atoms with Gasteiger partial charge >= 0.3 is 5.97 Å². The van der Waals surface area contributed by atoms with Gasteiger partial charge in [0.25, 0.3) is 0 Å². The lowest BCUT2D eigenvalue weighted by Crippen LogP contribution is -2.47. The molecule has 0 heterocycles. The van der Waals surface area contributed by atoms with Gasteiger partial charge in [-0.15, -0.1) is 0 Å². The zero-order valence-corrected chi connectivity index (χ0v) is 26.1. The van der Waals surface area contributed by atoms with Crippen LogP contribution in [-0.2, 0) is 24.0 Å². The minimum absolute atomic E-state index is 0.0353. The van der Waals surface area contributed by atoms with E-state index in [9.17, 15) is 13.2 Å². The fourth-order valence-corrected chi connectivity index (χ4v) is 6.07. The second kappa shape index (κ2) is 13.2. The molecule has 0 aliphatic carbocycles. The number of ether oxygens (including phenoxy) is 1. The van der Waals surface area contributed by atoms with E-state index in [0.29, 0.717) is 0 Å². The molecule has 0 aliphatic rings. The molecule has 0 fully saturated rings. The molecule has 1 N–H and O–H groups in total. The molecule has 3 atom stereocenters. The van der Waals surface area contributed by atoms with Crippen molar-refractivity contribution in [1.29, 1.82) is 0 Å². The molecule has 2 aromatic carbocycles. The highest BCUT2D eigenvalue weighted by atomic mass is 32.2. The van der Waals surface area contributed by atoms with Crippen molar-refractivity contribution < 1.29 is 22.4 Å². The Morgan fingerprint density at radius 1 is 1.00 bits per heavy atom. The van der Waals surface area contributed by atoms with Gasteiger partial charge in [0.15, 0.2) is 8.32 Å². The lowest BCUT2D eigenvalue weighted by atomic mass is 10.0. The molecule has 6 nitrogen and oxygen atoms in total. The largest absolute Gasteiger partial charge is 0.464 e. The summed E-state index contributed by atoms with van der Waals surface area (Å²) < 4.78 is 40.9. The molecule has 38 heavy (non-hydrogen) atoms. The molecule has 0 aromatic heterocycles. The number of esters is 1. The van der Waals surface area contributed by atoms with Crippen LogP contribution in [0.3, 0.4) is 0 Å². The van der Waals surface area contributed by atoms with Gasteiger partial charge in [-0.05, 0) is 55.6 Å². The van der Waals surface area contributed by atoms with E-state index in [1.54, 1.807) is 31.2 Å². The maximum absolute atomic E-state index is 13.2. The van der Waals surface area contributed by atoms with E-state index in [2.05, 4.69) is 38.6 Å². The molecule has 0 saturated carbocycles. The molecule has 0 unspecified atom stereocenters. The Balaban J connectivity index is 2.18. The molecule has 0 saturated heterocycles. The number of sulfonamides is 1. The van der Waals surface area contributed by atoms with Gasteiger partial charge in [-0.3, -0.25) is 4.79 Å².